The van der Waals surface area contributed by atoms with Gasteiger partial charge >= 0.3 is 0 Å². The zero-order valence-electron chi connectivity index (χ0n) is 23.6. The van der Waals surface area contributed by atoms with Crippen molar-refractivity contribution in [2.24, 2.45) is 0 Å². The third kappa shape index (κ3) is 3.64. The molecule has 7 rings (SSSR count). The highest BCUT2D eigenvalue weighted by Gasteiger charge is 2.73. The molecule has 4 aromatic carbocycles. The molecule has 3 atom stereocenters. The Bertz CT molecular complexity index is 1910. The van der Waals surface area contributed by atoms with Crippen molar-refractivity contribution in [3.8, 4) is 34.4 Å². The van der Waals surface area contributed by atoms with Gasteiger partial charge in [-0.3, -0.25) is 4.79 Å². The monoisotopic (exact) mass is 578 g/mol. The number of rotatable bonds is 6. The summed E-state index contributed by atoms with van der Waals surface area (Å²) in [4.78, 5) is 21.9. The topological polar surface area (TPSA) is 103 Å². The molecule has 43 heavy (non-hydrogen) atoms. The first-order valence-electron chi connectivity index (χ1n) is 13.6. The largest absolute Gasteiger partial charge is 0.497 e. The SMILES string of the molecule is COc1ccc([C@@]23Oc4cc(OC)cc(OC)c4[C@]2(O)c2nc(-c4ccc(F)cc4)[nH]c(=O)c2[C@H]3c2ccccc2)cc1. The van der Waals surface area contributed by atoms with Crippen molar-refractivity contribution in [1.82, 2.24) is 9.97 Å². The van der Waals surface area contributed by atoms with Crippen LogP contribution >= 0.6 is 0 Å². The van der Waals surface area contributed by atoms with E-state index < -0.39 is 28.5 Å². The Balaban J connectivity index is 1.63. The molecule has 0 fully saturated rings. The van der Waals surface area contributed by atoms with Gasteiger partial charge in [-0.2, -0.15) is 0 Å². The van der Waals surface area contributed by atoms with Crippen LogP contribution in [0, 0.1) is 5.82 Å². The molecule has 2 aliphatic rings. The maximum Gasteiger partial charge on any atom is 0.255 e. The second kappa shape index (κ2) is 9.71. The first kappa shape index (κ1) is 26.7. The summed E-state index contributed by atoms with van der Waals surface area (Å²) in [6, 6.07) is 25.6. The Labute approximate surface area is 246 Å². The van der Waals surface area contributed by atoms with Crippen molar-refractivity contribution in [2.75, 3.05) is 21.3 Å². The summed E-state index contributed by atoms with van der Waals surface area (Å²) in [5, 5.41) is 13.4. The Morgan fingerprint density at radius 2 is 1.58 bits per heavy atom. The maximum atomic E-state index is 14.2. The van der Waals surface area contributed by atoms with Gasteiger partial charge in [0.15, 0.2) is 11.2 Å². The lowest BCUT2D eigenvalue weighted by molar-refractivity contribution is -0.0909. The van der Waals surface area contributed by atoms with Gasteiger partial charge in [0.05, 0.1) is 44.1 Å². The van der Waals surface area contributed by atoms with Crippen molar-refractivity contribution in [3.05, 3.63) is 135 Å². The number of ether oxygens (including phenoxy) is 4. The first-order valence-corrected chi connectivity index (χ1v) is 13.6. The third-order valence-corrected chi connectivity index (χ3v) is 8.43. The summed E-state index contributed by atoms with van der Waals surface area (Å²) in [7, 11) is 4.59. The van der Waals surface area contributed by atoms with E-state index in [4.69, 9.17) is 23.9 Å². The average Bonchev–Trinajstić information content (AvgIpc) is 3.44. The maximum absolute atomic E-state index is 14.2. The number of nitrogens with one attached hydrogen (secondary N) is 1. The van der Waals surface area contributed by atoms with Crippen LogP contribution in [0.1, 0.15) is 33.9 Å². The molecule has 0 unspecified atom stereocenters. The van der Waals surface area contributed by atoms with E-state index in [9.17, 15) is 14.3 Å². The number of nitrogens with zero attached hydrogens (tertiary/aromatic N) is 1. The number of hydrogen-bond acceptors (Lipinski definition) is 7. The van der Waals surface area contributed by atoms with Crippen LogP contribution in [0.15, 0.2) is 95.8 Å². The minimum atomic E-state index is -2.02. The molecular weight excluding hydrogens is 551 g/mol. The summed E-state index contributed by atoms with van der Waals surface area (Å²) in [6.07, 6.45) is 0. The number of H-pyrrole nitrogens is 1. The highest BCUT2D eigenvalue weighted by atomic mass is 19.1. The molecule has 5 aromatic rings. The van der Waals surface area contributed by atoms with Gasteiger partial charge in [0.2, 0.25) is 0 Å². The fourth-order valence-corrected chi connectivity index (χ4v) is 6.57. The van der Waals surface area contributed by atoms with Crippen LogP contribution in [0.5, 0.6) is 23.0 Å². The highest BCUT2D eigenvalue weighted by Crippen LogP contribution is 2.69. The average molecular weight is 579 g/mol. The number of halogens is 1. The Hall–Kier alpha value is -5.15. The molecule has 0 saturated carbocycles. The number of methoxy groups -OCH3 is 3. The molecular formula is C34H27FN2O6. The second-order valence-corrected chi connectivity index (χ2v) is 10.5. The van der Waals surface area contributed by atoms with Crippen LogP contribution < -0.4 is 24.5 Å². The summed E-state index contributed by atoms with van der Waals surface area (Å²) >= 11 is 0. The van der Waals surface area contributed by atoms with Gasteiger partial charge in [-0.15, -0.1) is 0 Å². The second-order valence-electron chi connectivity index (χ2n) is 10.5. The van der Waals surface area contributed by atoms with E-state index >= 15 is 0 Å². The van der Waals surface area contributed by atoms with E-state index in [0.29, 0.717) is 39.7 Å². The molecule has 1 aromatic heterocycles. The minimum absolute atomic E-state index is 0.113. The summed E-state index contributed by atoms with van der Waals surface area (Å²) in [5.74, 6) is 0.638. The number of aliphatic hydroxyl groups is 1. The summed E-state index contributed by atoms with van der Waals surface area (Å²) in [6.45, 7) is 0. The highest BCUT2D eigenvalue weighted by molar-refractivity contribution is 5.69. The lowest BCUT2D eigenvalue weighted by Crippen LogP contribution is -2.49. The molecule has 2 N–H and O–H groups in total. The Kier molecular flexibility index (Phi) is 6.03. The van der Waals surface area contributed by atoms with Gasteiger partial charge < -0.3 is 29.0 Å². The molecule has 0 bridgehead atoms. The van der Waals surface area contributed by atoms with Crippen LogP contribution in [-0.4, -0.2) is 36.4 Å². The number of fused-ring (bicyclic) bond motifs is 5. The number of hydrogen-bond donors (Lipinski definition) is 2. The Morgan fingerprint density at radius 3 is 2.23 bits per heavy atom. The number of benzene rings is 4. The quantitative estimate of drug-likeness (QED) is 0.283. The van der Waals surface area contributed by atoms with Gasteiger partial charge in [0.25, 0.3) is 5.56 Å². The fraction of sp³-hybridized carbons (Fsp3) is 0.176. The third-order valence-electron chi connectivity index (χ3n) is 8.43. The van der Waals surface area contributed by atoms with E-state index in [1.807, 2.05) is 42.5 Å². The van der Waals surface area contributed by atoms with Crippen LogP contribution in [0.4, 0.5) is 4.39 Å². The fourth-order valence-electron chi connectivity index (χ4n) is 6.57. The van der Waals surface area contributed by atoms with E-state index in [1.165, 1.54) is 38.5 Å². The molecule has 9 heteroatoms. The van der Waals surface area contributed by atoms with Gasteiger partial charge in [-0.25, -0.2) is 9.37 Å². The van der Waals surface area contributed by atoms with Gasteiger partial charge in [-0.1, -0.05) is 42.5 Å². The first-order chi connectivity index (χ1) is 20.8. The van der Waals surface area contributed by atoms with Gasteiger partial charge in [0.1, 0.15) is 34.6 Å². The molecule has 0 saturated heterocycles. The minimum Gasteiger partial charge on any atom is -0.497 e. The number of aromatic nitrogens is 2. The van der Waals surface area contributed by atoms with Crippen molar-refractivity contribution in [1.29, 1.82) is 0 Å². The van der Waals surface area contributed by atoms with Gasteiger partial charge in [-0.05, 0) is 42.0 Å². The molecule has 216 valence electrons. The smallest absolute Gasteiger partial charge is 0.255 e. The van der Waals surface area contributed by atoms with Crippen molar-refractivity contribution in [3.63, 3.8) is 0 Å². The van der Waals surface area contributed by atoms with Crippen LogP contribution in [0.2, 0.25) is 0 Å². The predicted molar refractivity (Wildman–Crippen MR) is 156 cm³/mol. The zero-order chi connectivity index (χ0) is 29.9. The summed E-state index contributed by atoms with van der Waals surface area (Å²) < 4.78 is 37.5. The summed E-state index contributed by atoms with van der Waals surface area (Å²) in [5.41, 5.74) is -1.61. The number of aromatic amines is 1. The van der Waals surface area contributed by atoms with E-state index in [-0.39, 0.29) is 17.1 Å². The molecule has 0 radical (unpaired) electrons. The molecule has 2 heterocycles. The van der Waals surface area contributed by atoms with Crippen molar-refractivity contribution in [2.45, 2.75) is 17.1 Å². The van der Waals surface area contributed by atoms with Crippen molar-refractivity contribution >= 4 is 0 Å². The Morgan fingerprint density at radius 1 is 0.884 bits per heavy atom. The lowest BCUT2D eigenvalue weighted by atomic mass is 9.70. The van der Waals surface area contributed by atoms with Crippen LogP contribution in [0.3, 0.4) is 0 Å². The lowest BCUT2D eigenvalue weighted by Gasteiger charge is -2.40. The molecule has 1 aliphatic carbocycles. The predicted octanol–water partition coefficient (Wildman–Crippen LogP) is 5.27. The standard InChI is InChI=1S/C34H27FN2O6/c1-40-23-15-11-21(12-16-23)34-28(19-7-5-4-6-8-19)27-30(36-31(37-32(27)38)20-9-13-22(35)14-10-20)33(34,39)29-25(42-3)17-24(41-2)18-26(29)43-34/h4-18,28,39H,1-3H3,(H,36,37,38)/t28-,33+,34+/m1/s1. The van der Waals surface area contributed by atoms with E-state index in [1.54, 1.807) is 31.4 Å². The zero-order valence-corrected chi connectivity index (χ0v) is 23.6. The van der Waals surface area contributed by atoms with E-state index in [2.05, 4.69) is 4.98 Å². The molecule has 8 nitrogen and oxygen atoms in total. The van der Waals surface area contributed by atoms with Crippen molar-refractivity contribution < 1.29 is 28.4 Å². The van der Waals surface area contributed by atoms with Crippen LogP contribution in [0.25, 0.3) is 11.4 Å². The van der Waals surface area contributed by atoms with Gasteiger partial charge in [0, 0.05) is 23.3 Å². The normalized spacial score (nSPS) is 21.4. The molecule has 0 spiro atoms. The van der Waals surface area contributed by atoms with E-state index in [0.717, 1.165) is 5.56 Å². The molecule has 0 amide bonds. The molecule has 1 aliphatic heterocycles. The van der Waals surface area contributed by atoms with Crippen LogP contribution in [-0.2, 0) is 11.2 Å².